The van der Waals surface area contributed by atoms with Gasteiger partial charge in [-0.1, -0.05) is 61.5 Å². The van der Waals surface area contributed by atoms with Crippen molar-refractivity contribution in [2.45, 2.75) is 39.7 Å². The summed E-state index contributed by atoms with van der Waals surface area (Å²) in [6.07, 6.45) is 2.58. The Morgan fingerprint density at radius 3 is 2.06 bits per heavy atom. The quantitative estimate of drug-likeness (QED) is 0.318. The molecule has 0 aliphatic heterocycles. The molecule has 0 amide bonds. The van der Waals surface area contributed by atoms with Crippen LogP contribution in [-0.4, -0.2) is 24.8 Å². The molecule has 4 nitrogen and oxygen atoms in total. The van der Waals surface area contributed by atoms with Crippen molar-refractivity contribution in [1.82, 2.24) is 0 Å². The number of hydrogen-bond acceptors (Lipinski definition) is 4. The molecule has 0 spiro atoms. The molecule has 33 heavy (non-hydrogen) atoms. The first-order chi connectivity index (χ1) is 15.9. The molecule has 3 aromatic carbocycles. The minimum atomic E-state index is -1.01. The van der Waals surface area contributed by atoms with Crippen LogP contribution in [0.25, 0.3) is 16.7 Å². The minimum Gasteiger partial charge on any atom is -0.490 e. The van der Waals surface area contributed by atoms with Crippen LogP contribution in [0.15, 0.2) is 84.9 Å². The molecule has 0 aliphatic rings. The van der Waals surface area contributed by atoms with E-state index in [0.29, 0.717) is 25.4 Å². The van der Waals surface area contributed by atoms with Gasteiger partial charge in [-0.15, -0.1) is 0 Å². The summed E-state index contributed by atoms with van der Waals surface area (Å²) in [6, 6.07) is 26.2. The molecule has 1 atom stereocenters. The van der Waals surface area contributed by atoms with E-state index in [4.69, 9.17) is 14.2 Å². The molecule has 0 saturated heterocycles. The van der Waals surface area contributed by atoms with Crippen molar-refractivity contribution in [3.8, 4) is 22.6 Å². The first kappa shape index (κ1) is 24.1. The minimum absolute atomic E-state index is 0.328. The van der Waals surface area contributed by atoms with E-state index in [-0.39, 0.29) is 5.97 Å². The molecule has 0 aliphatic carbocycles. The lowest BCUT2D eigenvalue weighted by Crippen LogP contribution is -2.42. The fourth-order valence-electron chi connectivity index (χ4n) is 3.34. The Morgan fingerprint density at radius 1 is 0.848 bits per heavy atom. The van der Waals surface area contributed by atoms with Crippen molar-refractivity contribution in [3.05, 3.63) is 90.5 Å². The van der Waals surface area contributed by atoms with E-state index in [0.717, 1.165) is 11.3 Å². The van der Waals surface area contributed by atoms with E-state index in [1.807, 2.05) is 37.3 Å². The van der Waals surface area contributed by atoms with E-state index in [9.17, 15) is 4.79 Å². The highest BCUT2D eigenvalue weighted by Gasteiger charge is 2.35. The number of hydrogen-bond donors (Lipinski definition) is 0. The van der Waals surface area contributed by atoms with E-state index in [1.54, 1.807) is 26.0 Å². The lowest BCUT2D eigenvalue weighted by atomic mass is 10.0. The Bertz CT molecular complexity index is 1050. The van der Waals surface area contributed by atoms with Crippen LogP contribution in [0.4, 0.5) is 0 Å². The molecule has 0 radical (unpaired) electrons. The van der Waals surface area contributed by atoms with Crippen LogP contribution in [0, 0.1) is 0 Å². The molecule has 0 fully saturated rings. The summed E-state index contributed by atoms with van der Waals surface area (Å²) in [4.78, 5) is 12.2. The number of ether oxygens (including phenoxy) is 3. The van der Waals surface area contributed by atoms with Gasteiger partial charge in [0.1, 0.15) is 18.1 Å². The van der Waals surface area contributed by atoms with Gasteiger partial charge in [-0.2, -0.15) is 0 Å². The predicted octanol–water partition coefficient (Wildman–Crippen LogP) is 6.95. The second kappa shape index (κ2) is 11.4. The molecular weight excluding hydrogens is 412 g/mol. The van der Waals surface area contributed by atoms with E-state index >= 15 is 0 Å². The largest absolute Gasteiger partial charge is 0.490 e. The van der Waals surface area contributed by atoms with Crippen LogP contribution in [0.3, 0.4) is 0 Å². The third-order valence-corrected chi connectivity index (χ3v) is 5.64. The Kier molecular flexibility index (Phi) is 8.31. The Balaban J connectivity index is 1.56. The van der Waals surface area contributed by atoms with Gasteiger partial charge in [0.15, 0.2) is 0 Å². The van der Waals surface area contributed by atoms with Crippen molar-refractivity contribution in [2.24, 2.45) is 0 Å². The zero-order chi connectivity index (χ0) is 23.7. The average molecular weight is 445 g/mol. The maximum Gasteiger partial charge on any atom is 0.350 e. The normalized spacial score (nSPS) is 13.2. The van der Waals surface area contributed by atoms with E-state index < -0.39 is 5.60 Å². The standard InChI is InChI=1S/C29H32O4/c1-5-29(4,28(30)31-6-2)33-27-18-16-26(17-19-27)32-21-20-22(3)23-12-14-25(15-13-23)24-10-8-7-9-11-24/h7-20H,5-6,21H2,1-4H3/b22-20+/t29-/m0/s1. The molecule has 0 N–H and O–H groups in total. The topological polar surface area (TPSA) is 44.8 Å². The van der Waals surface area contributed by atoms with Crippen LogP contribution in [0.5, 0.6) is 11.5 Å². The number of carbonyl (C=O) groups excluding carboxylic acids is 1. The maximum atomic E-state index is 12.2. The van der Waals surface area contributed by atoms with Gasteiger partial charge in [-0.25, -0.2) is 4.79 Å². The molecule has 0 heterocycles. The Hall–Kier alpha value is -3.53. The Labute approximate surface area is 196 Å². The number of benzene rings is 3. The highest BCUT2D eigenvalue weighted by Crippen LogP contribution is 2.26. The molecule has 0 saturated carbocycles. The molecule has 4 heteroatoms. The Morgan fingerprint density at radius 2 is 1.45 bits per heavy atom. The molecule has 3 aromatic rings. The summed E-state index contributed by atoms with van der Waals surface area (Å²) in [7, 11) is 0. The summed E-state index contributed by atoms with van der Waals surface area (Å²) in [6.45, 7) is 8.30. The fraction of sp³-hybridized carbons (Fsp3) is 0.276. The van der Waals surface area contributed by atoms with Crippen LogP contribution < -0.4 is 9.47 Å². The predicted molar refractivity (Wildman–Crippen MR) is 133 cm³/mol. The number of allylic oxidation sites excluding steroid dienone is 1. The summed E-state index contributed by atoms with van der Waals surface area (Å²) < 4.78 is 16.9. The molecular formula is C29H32O4. The molecule has 3 rings (SSSR count). The van der Waals surface area contributed by atoms with Gasteiger partial charge in [0, 0.05) is 0 Å². The van der Waals surface area contributed by atoms with Crippen molar-refractivity contribution in [1.29, 1.82) is 0 Å². The third-order valence-electron chi connectivity index (χ3n) is 5.64. The summed E-state index contributed by atoms with van der Waals surface area (Å²) in [5, 5.41) is 0. The maximum absolute atomic E-state index is 12.2. The lowest BCUT2D eigenvalue weighted by molar-refractivity contribution is -0.160. The second-order valence-electron chi connectivity index (χ2n) is 8.02. The van der Waals surface area contributed by atoms with Crippen LogP contribution >= 0.6 is 0 Å². The second-order valence-corrected chi connectivity index (χ2v) is 8.02. The fourth-order valence-corrected chi connectivity index (χ4v) is 3.34. The average Bonchev–Trinajstić information content (AvgIpc) is 2.85. The van der Waals surface area contributed by atoms with Gasteiger partial charge >= 0.3 is 5.97 Å². The molecule has 0 bridgehead atoms. The van der Waals surface area contributed by atoms with Gasteiger partial charge in [0.25, 0.3) is 0 Å². The van der Waals surface area contributed by atoms with Crippen molar-refractivity contribution in [2.75, 3.05) is 13.2 Å². The zero-order valence-electron chi connectivity index (χ0n) is 19.8. The van der Waals surface area contributed by atoms with Gasteiger partial charge in [0.2, 0.25) is 5.60 Å². The molecule has 172 valence electrons. The van der Waals surface area contributed by atoms with E-state index in [2.05, 4.69) is 49.4 Å². The van der Waals surface area contributed by atoms with Crippen molar-refractivity contribution < 1.29 is 19.0 Å². The monoisotopic (exact) mass is 444 g/mol. The molecule has 0 aromatic heterocycles. The van der Waals surface area contributed by atoms with Crippen LogP contribution in [0.1, 0.15) is 39.7 Å². The van der Waals surface area contributed by atoms with Crippen molar-refractivity contribution in [3.63, 3.8) is 0 Å². The smallest absolute Gasteiger partial charge is 0.350 e. The lowest BCUT2D eigenvalue weighted by Gasteiger charge is -2.27. The van der Waals surface area contributed by atoms with Gasteiger partial charge < -0.3 is 14.2 Å². The molecule has 0 unspecified atom stereocenters. The highest BCUT2D eigenvalue weighted by atomic mass is 16.6. The number of rotatable bonds is 10. The van der Waals surface area contributed by atoms with Crippen molar-refractivity contribution >= 4 is 11.5 Å². The van der Waals surface area contributed by atoms with Gasteiger partial charge in [-0.05, 0) is 79.8 Å². The number of esters is 1. The van der Waals surface area contributed by atoms with Gasteiger partial charge in [0.05, 0.1) is 6.61 Å². The zero-order valence-corrected chi connectivity index (χ0v) is 19.8. The van der Waals surface area contributed by atoms with Crippen LogP contribution in [0.2, 0.25) is 0 Å². The first-order valence-corrected chi connectivity index (χ1v) is 11.4. The summed E-state index contributed by atoms with van der Waals surface area (Å²) in [5.41, 5.74) is 3.73. The first-order valence-electron chi connectivity index (χ1n) is 11.4. The highest BCUT2D eigenvalue weighted by molar-refractivity contribution is 5.79. The van der Waals surface area contributed by atoms with Gasteiger partial charge in [-0.3, -0.25) is 0 Å². The third kappa shape index (κ3) is 6.48. The number of carbonyl (C=O) groups is 1. The summed E-state index contributed by atoms with van der Waals surface area (Å²) >= 11 is 0. The summed E-state index contributed by atoms with van der Waals surface area (Å²) in [5.74, 6) is 0.982. The van der Waals surface area contributed by atoms with E-state index in [1.165, 1.54) is 16.7 Å². The SMILES string of the molecule is CCOC(=O)[C@](C)(CC)Oc1ccc(OC/C=C(\C)c2ccc(-c3ccccc3)cc2)cc1. The van der Waals surface area contributed by atoms with Crippen LogP contribution in [-0.2, 0) is 9.53 Å².